The molecule has 0 amide bonds. The molecular formula is C25H29N7O3. The number of nitrogens with one attached hydrogen (secondary N) is 1. The second kappa shape index (κ2) is 9.85. The number of piperazine rings is 1. The highest BCUT2D eigenvalue weighted by Crippen LogP contribution is 2.29. The Hall–Kier alpha value is -3.76. The van der Waals surface area contributed by atoms with E-state index in [9.17, 15) is 4.79 Å². The van der Waals surface area contributed by atoms with Crippen molar-refractivity contribution >= 4 is 10.9 Å². The minimum atomic E-state index is -0.392. The lowest BCUT2D eigenvalue weighted by Crippen LogP contribution is -2.47. The highest BCUT2D eigenvalue weighted by Gasteiger charge is 2.32. The fourth-order valence-corrected chi connectivity index (χ4v) is 4.53. The van der Waals surface area contributed by atoms with Gasteiger partial charge in [0.15, 0.2) is 5.82 Å². The molecule has 10 heteroatoms. The number of hydrogen-bond donors (Lipinski definition) is 1. The number of likely N-dealkylation sites (N-methyl/N-ethyl adjacent to an activating group) is 1. The molecule has 5 rings (SSSR count). The average Bonchev–Trinajstić information content (AvgIpc) is 3.33. The SMILES string of the molecule is COc1ccc(Cn2nnnc2C(c2cc3cc(OC)ccc3[nH]c2=O)N2CCN(C)CC2)cc1. The molecule has 3 heterocycles. The number of rotatable bonds is 7. The normalized spacial score (nSPS) is 15.9. The quantitative estimate of drug-likeness (QED) is 0.433. The predicted molar refractivity (Wildman–Crippen MR) is 132 cm³/mol. The van der Waals surface area contributed by atoms with Crippen LogP contribution >= 0.6 is 0 Å². The van der Waals surface area contributed by atoms with E-state index < -0.39 is 6.04 Å². The largest absolute Gasteiger partial charge is 0.497 e. The summed E-state index contributed by atoms with van der Waals surface area (Å²) in [5.74, 6) is 2.16. The fraction of sp³-hybridized carbons (Fsp3) is 0.360. The Balaban J connectivity index is 1.58. The van der Waals surface area contributed by atoms with Gasteiger partial charge in [0, 0.05) is 42.6 Å². The number of nitrogens with zero attached hydrogens (tertiary/aromatic N) is 6. The van der Waals surface area contributed by atoms with Crippen molar-refractivity contribution in [3.8, 4) is 11.5 Å². The Kier molecular flexibility index (Phi) is 6.47. The average molecular weight is 476 g/mol. The summed E-state index contributed by atoms with van der Waals surface area (Å²) >= 11 is 0. The lowest BCUT2D eigenvalue weighted by atomic mass is 10.0. The van der Waals surface area contributed by atoms with E-state index in [1.165, 1.54) is 0 Å². The number of tetrazole rings is 1. The van der Waals surface area contributed by atoms with Crippen molar-refractivity contribution in [2.45, 2.75) is 12.6 Å². The van der Waals surface area contributed by atoms with Crippen molar-refractivity contribution in [3.05, 3.63) is 75.8 Å². The molecule has 35 heavy (non-hydrogen) atoms. The van der Waals surface area contributed by atoms with Crippen molar-refractivity contribution in [1.29, 1.82) is 0 Å². The molecule has 1 atom stereocenters. The van der Waals surface area contributed by atoms with Gasteiger partial charge in [-0.3, -0.25) is 9.69 Å². The second-order valence-electron chi connectivity index (χ2n) is 8.79. The molecule has 0 spiro atoms. The molecule has 1 fully saturated rings. The summed E-state index contributed by atoms with van der Waals surface area (Å²) in [5.41, 5.74) is 2.26. The van der Waals surface area contributed by atoms with Gasteiger partial charge in [-0.1, -0.05) is 12.1 Å². The van der Waals surface area contributed by atoms with Crippen LogP contribution in [0.1, 0.15) is 23.0 Å². The highest BCUT2D eigenvalue weighted by molar-refractivity contribution is 5.80. The summed E-state index contributed by atoms with van der Waals surface area (Å²) in [6.07, 6.45) is 0. The first-order chi connectivity index (χ1) is 17.1. The van der Waals surface area contributed by atoms with Gasteiger partial charge in [-0.25, -0.2) is 4.68 Å². The third kappa shape index (κ3) is 4.75. The van der Waals surface area contributed by atoms with Gasteiger partial charge in [0.1, 0.15) is 17.5 Å². The summed E-state index contributed by atoms with van der Waals surface area (Å²) in [4.78, 5) is 21.0. The monoisotopic (exact) mass is 475 g/mol. The van der Waals surface area contributed by atoms with Gasteiger partial charge >= 0.3 is 0 Å². The molecule has 1 aliphatic rings. The topological polar surface area (TPSA) is 101 Å². The Morgan fingerprint density at radius 1 is 0.971 bits per heavy atom. The molecular weight excluding hydrogens is 446 g/mol. The maximum absolute atomic E-state index is 13.4. The lowest BCUT2D eigenvalue weighted by Gasteiger charge is -2.37. The number of aromatic amines is 1. The van der Waals surface area contributed by atoms with Crippen molar-refractivity contribution in [1.82, 2.24) is 35.0 Å². The molecule has 1 saturated heterocycles. The Labute approximate surface area is 203 Å². The minimum absolute atomic E-state index is 0.148. The first-order valence-electron chi connectivity index (χ1n) is 11.6. The maximum atomic E-state index is 13.4. The number of H-pyrrole nitrogens is 1. The molecule has 1 aliphatic heterocycles. The lowest BCUT2D eigenvalue weighted by molar-refractivity contribution is 0.121. The van der Waals surface area contributed by atoms with Gasteiger partial charge in [-0.15, -0.1) is 5.10 Å². The molecule has 2 aromatic heterocycles. The molecule has 4 aromatic rings. The van der Waals surface area contributed by atoms with Crippen LogP contribution in [0.5, 0.6) is 11.5 Å². The van der Waals surface area contributed by atoms with Crippen molar-refractivity contribution in [3.63, 3.8) is 0 Å². The molecule has 0 bridgehead atoms. The first-order valence-corrected chi connectivity index (χ1v) is 11.6. The predicted octanol–water partition coefficient (Wildman–Crippen LogP) is 1.92. The Morgan fingerprint density at radius 3 is 2.40 bits per heavy atom. The van der Waals surface area contributed by atoms with E-state index in [0.717, 1.165) is 54.1 Å². The summed E-state index contributed by atoms with van der Waals surface area (Å²) in [5, 5.41) is 13.6. The van der Waals surface area contributed by atoms with E-state index >= 15 is 0 Å². The van der Waals surface area contributed by atoms with Crippen LogP contribution in [0, 0.1) is 0 Å². The number of benzene rings is 2. The van der Waals surface area contributed by atoms with Crippen LogP contribution in [0.2, 0.25) is 0 Å². The van der Waals surface area contributed by atoms with Gasteiger partial charge in [0.25, 0.3) is 5.56 Å². The van der Waals surface area contributed by atoms with Crippen LogP contribution < -0.4 is 15.0 Å². The third-order valence-electron chi connectivity index (χ3n) is 6.57. The molecule has 10 nitrogen and oxygen atoms in total. The maximum Gasteiger partial charge on any atom is 0.253 e. The van der Waals surface area contributed by atoms with E-state index in [2.05, 4.69) is 37.4 Å². The van der Waals surface area contributed by atoms with E-state index in [4.69, 9.17) is 9.47 Å². The Bertz CT molecular complexity index is 1360. The van der Waals surface area contributed by atoms with Crippen LogP contribution in [0.25, 0.3) is 10.9 Å². The van der Waals surface area contributed by atoms with Gasteiger partial charge in [0.05, 0.1) is 20.8 Å². The highest BCUT2D eigenvalue weighted by atomic mass is 16.5. The second-order valence-corrected chi connectivity index (χ2v) is 8.79. The smallest absolute Gasteiger partial charge is 0.253 e. The number of fused-ring (bicyclic) bond motifs is 1. The molecule has 1 N–H and O–H groups in total. The number of methoxy groups -OCH3 is 2. The fourth-order valence-electron chi connectivity index (χ4n) is 4.53. The summed E-state index contributed by atoms with van der Waals surface area (Å²) in [6, 6.07) is 15.0. The molecule has 2 aromatic carbocycles. The van der Waals surface area contributed by atoms with E-state index in [-0.39, 0.29) is 5.56 Å². The van der Waals surface area contributed by atoms with Crippen LogP contribution in [0.15, 0.2) is 53.3 Å². The zero-order valence-corrected chi connectivity index (χ0v) is 20.1. The number of hydrogen-bond acceptors (Lipinski definition) is 8. The molecule has 182 valence electrons. The van der Waals surface area contributed by atoms with E-state index in [0.29, 0.717) is 17.9 Å². The van der Waals surface area contributed by atoms with Gasteiger partial charge in [0.2, 0.25) is 0 Å². The first kappa shape index (κ1) is 23.0. The van der Waals surface area contributed by atoms with Gasteiger partial charge in [-0.2, -0.15) is 0 Å². The van der Waals surface area contributed by atoms with E-state index in [1.54, 1.807) is 18.9 Å². The van der Waals surface area contributed by atoms with Crippen molar-refractivity contribution < 1.29 is 9.47 Å². The van der Waals surface area contributed by atoms with E-state index in [1.807, 2.05) is 48.5 Å². The minimum Gasteiger partial charge on any atom is -0.497 e. The molecule has 1 unspecified atom stereocenters. The summed E-state index contributed by atoms with van der Waals surface area (Å²) < 4.78 is 12.5. The zero-order valence-electron chi connectivity index (χ0n) is 20.1. The summed E-state index contributed by atoms with van der Waals surface area (Å²) in [7, 11) is 5.38. The van der Waals surface area contributed by atoms with Gasteiger partial charge in [-0.05, 0) is 59.4 Å². The number of pyridine rings is 1. The van der Waals surface area contributed by atoms with Crippen LogP contribution in [0.4, 0.5) is 0 Å². The molecule has 0 aliphatic carbocycles. The Morgan fingerprint density at radius 2 is 1.69 bits per heavy atom. The van der Waals surface area contributed by atoms with Crippen LogP contribution in [-0.2, 0) is 6.54 Å². The molecule has 0 saturated carbocycles. The number of aromatic nitrogens is 5. The van der Waals surface area contributed by atoms with Crippen molar-refractivity contribution in [2.75, 3.05) is 47.4 Å². The zero-order chi connectivity index (χ0) is 24.4. The van der Waals surface area contributed by atoms with Gasteiger partial charge < -0.3 is 19.4 Å². The third-order valence-corrected chi connectivity index (χ3v) is 6.57. The molecule has 0 radical (unpaired) electrons. The number of ether oxygens (including phenoxy) is 2. The van der Waals surface area contributed by atoms with Crippen LogP contribution in [-0.4, -0.2) is 82.4 Å². The summed E-state index contributed by atoms with van der Waals surface area (Å²) in [6.45, 7) is 3.87. The van der Waals surface area contributed by atoms with Crippen molar-refractivity contribution in [2.24, 2.45) is 0 Å². The standard InChI is InChI=1S/C25H29N7O3/c1-30-10-12-31(13-11-30)23(21-15-18-14-20(35-3)8-9-22(18)26-25(21)33)24-27-28-29-32(24)16-17-4-6-19(34-2)7-5-17/h4-9,14-15,23H,10-13,16H2,1-3H3,(H,26,33). The van der Waals surface area contributed by atoms with Crippen LogP contribution in [0.3, 0.4) is 0 Å².